The zero-order valence-electron chi connectivity index (χ0n) is 16.4. The number of likely N-dealkylation sites (N-methyl/N-ethyl adjacent to an activating group) is 2. The quantitative estimate of drug-likeness (QED) is 0.688. The van der Waals surface area contributed by atoms with Crippen LogP contribution in [0.4, 0.5) is 4.79 Å². The van der Waals surface area contributed by atoms with Crippen molar-refractivity contribution in [2.45, 2.75) is 41.5 Å². The van der Waals surface area contributed by atoms with Crippen molar-refractivity contribution in [1.82, 2.24) is 19.6 Å². The predicted octanol–water partition coefficient (Wildman–Crippen LogP) is 2.68. The Morgan fingerprint density at radius 3 is 1.00 bits per heavy atom. The van der Waals surface area contributed by atoms with Crippen molar-refractivity contribution in [3.8, 4) is 0 Å². The Hall–Kier alpha value is -0.810. The Morgan fingerprint density at radius 2 is 0.773 bits per heavy atom. The van der Waals surface area contributed by atoms with Gasteiger partial charge in [-0.2, -0.15) is 0 Å². The number of rotatable bonds is 0. The summed E-state index contributed by atoms with van der Waals surface area (Å²) < 4.78 is 0. The number of urea groups is 1. The van der Waals surface area contributed by atoms with Gasteiger partial charge >= 0.3 is 6.03 Å². The first-order valence-corrected chi connectivity index (χ1v) is 9.08. The average Bonchev–Trinajstić information content (AvgIpc) is 2.61. The van der Waals surface area contributed by atoms with Gasteiger partial charge in [-0.15, -0.1) is 0 Å². The molecule has 5 nitrogen and oxygen atoms in total. The lowest BCUT2D eigenvalue weighted by Gasteiger charge is -2.39. The van der Waals surface area contributed by atoms with Crippen LogP contribution in [0, 0.1) is 0 Å². The van der Waals surface area contributed by atoms with Gasteiger partial charge in [0.25, 0.3) is 0 Å². The number of nitrogens with zero attached hydrogens (tertiary/aromatic N) is 4. The van der Waals surface area contributed by atoms with Crippen LogP contribution in [0.5, 0.6) is 0 Å². The molecule has 2 amide bonds. The van der Waals surface area contributed by atoms with Gasteiger partial charge < -0.3 is 19.6 Å². The molecule has 2 aliphatic heterocycles. The molecule has 0 bridgehead atoms. The van der Waals surface area contributed by atoms with E-state index in [-0.39, 0.29) is 6.03 Å². The first-order chi connectivity index (χ1) is 10.7. The van der Waals surface area contributed by atoms with Gasteiger partial charge in [-0.3, -0.25) is 0 Å². The minimum atomic E-state index is 0.237. The fourth-order valence-corrected chi connectivity index (χ4v) is 2.20. The van der Waals surface area contributed by atoms with Gasteiger partial charge in [0.15, 0.2) is 0 Å². The van der Waals surface area contributed by atoms with Crippen LogP contribution in [0.2, 0.25) is 0 Å². The molecule has 2 saturated heterocycles. The first-order valence-electron chi connectivity index (χ1n) is 9.08. The van der Waals surface area contributed by atoms with Gasteiger partial charge in [0.2, 0.25) is 0 Å². The van der Waals surface area contributed by atoms with Crippen molar-refractivity contribution >= 4 is 6.03 Å². The maximum absolute atomic E-state index is 12.2. The maximum atomic E-state index is 12.2. The number of carbonyl (C=O) groups is 1. The molecule has 2 fully saturated rings. The zero-order chi connectivity index (χ0) is 17.5. The van der Waals surface area contributed by atoms with E-state index in [9.17, 15) is 4.79 Å². The predicted molar refractivity (Wildman–Crippen MR) is 97.6 cm³/mol. The van der Waals surface area contributed by atoms with Crippen molar-refractivity contribution < 1.29 is 4.79 Å². The molecule has 0 N–H and O–H groups in total. The molecule has 2 aliphatic rings. The number of hydrogen-bond donors (Lipinski definition) is 0. The smallest absolute Gasteiger partial charge is 0.320 e. The van der Waals surface area contributed by atoms with Crippen molar-refractivity contribution in [2.24, 2.45) is 0 Å². The fraction of sp³-hybridized carbons (Fsp3) is 0.941. The van der Waals surface area contributed by atoms with Crippen molar-refractivity contribution in [1.29, 1.82) is 0 Å². The summed E-state index contributed by atoms with van der Waals surface area (Å²) in [5.41, 5.74) is 0. The van der Waals surface area contributed by atoms with Crippen LogP contribution in [-0.4, -0.2) is 92.1 Å². The summed E-state index contributed by atoms with van der Waals surface area (Å²) in [5, 5.41) is 0. The normalized spacial score (nSPS) is 18.9. The number of hydrogen-bond acceptors (Lipinski definition) is 3. The standard InChI is InChI=1S/C11H22N4O.3C2H6/c1-12-3-7-14(8-4-12)11(16)15-9-5-13(2)6-10-15;3*1-2/h3-10H2,1-2H3;3*1-2H3. The molecule has 0 unspecified atom stereocenters. The van der Waals surface area contributed by atoms with E-state index in [2.05, 4.69) is 23.9 Å². The first kappa shape index (κ1) is 23.5. The summed E-state index contributed by atoms with van der Waals surface area (Å²) in [6.45, 7) is 19.5. The number of amides is 2. The number of piperazine rings is 2. The second kappa shape index (κ2) is 15.1. The largest absolute Gasteiger partial charge is 0.322 e. The van der Waals surface area contributed by atoms with Crippen molar-refractivity contribution in [3.63, 3.8) is 0 Å². The van der Waals surface area contributed by atoms with Crippen molar-refractivity contribution in [2.75, 3.05) is 66.5 Å². The minimum Gasteiger partial charge on any atom is -0.322 e. The highest BCUT2D eigenvalue weighted by molar-refractivity contribution is 5.74. The monoisotopic (exact) mass is 316 g/mol. The second-order valence-electron chi connectivity index (χ2n) is 4.86. The summed E-state index contributed by atoms with van der Waals surface area (Å²) >= 11 is 0. The molecule has 0 atom stereocenters. The minimum absolute atomic E-state index is 0.237. The van der Waals surface area contributed by atoms with Crippen LogP contribution < -0.4 is 0 Å². The highest BCUT2D eigenvalue weighted by Crippen LogP contribution is 2.07. The van der Waals surface area contributed by atoms with Crippen LogP contribution in [0.25, 0.3) is 0 Å². The summed E-state index contributed by atoms with van der Waals surface area (Å²) in [4.78, 5) is 20.7. The van der Waals surface area contributed by atoms with Gasteiger partial charge in [0, 0.05) is 52.4 Å². The summed E-state index contributed by atoms with van der Waals surface area (Å²) in [5.74, 6) is 0. The van der Waals surface area contributed by atoms with Gasteiger partial charge in [0.05, 0.1) is 0 Å². The van der Waals surface area contributed by atoms with Gasteiger partial charge in [0.1, 0.15) is 0 Å². The molecule has 134 valence electrons. The molecule has 5 heteroatoms. The molecule has 0 aromatic rings. The summed E-state index contributed by atoms with van der Waals surface area (Å²) in [7, 11) is 4.22. The molecule has 0 saturated carbocycles. The van der Waals surface area contributed by atoms with E-state index < -0.39 is 0 Å². The molecule has 0 aliphatic carbocycles. The zero-order valence-corrected chi connectivity index (χ0v) is 16.4. The fourth-order valence-electron chi connectivity index (χ4n) is 2.20. The molecule has 0 aromatic carbocycles. The third kappa shape index (κ3) is 8.59. The van der Waals surface area contributed by atoms with Crippen LogP contribution in [0.3, 0.4) is 0 Å². The van der Waals surface area contributed by atoms with E-state index in [0.29, 0.717) is 0 Å². The second-order valence-corrected chi connectivity index (χ2v) is 4.86. The van der Waals surface area contributed by atoms with Crippen LogP contribution >= 0.6 is 0 Å². The van der Waals surface area contributed by atoms with Crippen molar-refractivity contribution in [3.05, 3.63) is 0 Å². The molecular formula is C17H40N4O. The van der Waals surface area contributed by atoms with E-state index in [1.165, 1.54) is 0 Å². The molecule has 2 heterocycles. The van der Waals surface area contributed by atoms with Gasteiger partial charge in [-0.25, -0.2) is 4.79 Å². The molecule has 0 aromatic heterocycles. The molecule has 2 rings (SSSR count). The lowest BCUT2D eigenvalue weighted by atomic mass is 10.3. The molecule has 22 heavy (non-hydrogen) atoms. The third-order valence-corrected chi connectivity index (χ3v) is 3.55. The third-order valence-electron chi connectivity index (χ3n) is 3.55. The van der Waals surface area contributed by atoms with Crippen LogP contribution in [0.1, 0.15) is 41.5 Å². The average molecular weight is 317 g/mol. The lowest BCUT2D eigenvalue weighted by molar-refractivity contribution is 0.102. The van der Waals surface area contributed by atoms with E-state index >= 15 is 0 Å². The molecule has 0 radical (unpaired) electrons. The Labute approximate surface area is 139 Å². The van der Waals surface area contributed by atoms with Gasteiger partial charge in [-0.1, -0.05) is 41.5 Å². The maximum Gasteiger partial charge on any atom is 0.320 e. The number of carbonyl (C=O) groups excluding carboxylic acids is 1. The van der Waals surface area contributed by atoms with Crippen LogP contribution in [0.15, 0.2) is 0 Å². The van der Waals surface area contributed by atoms with Crippen LogP contribution in [-0.2, 0) is 0 Å². The van der Waals surface area contributed by atoms with Gasteiger partial charge in [-0.05, 0) is 14.1 Å². The molecular weight excluding hydrogens is 276 g/mol. The SMILES string of the molecule is CC.CC.CC.CN1CCN(C(=O)N2CCN(C)CC2)CC1. The van der Waals surface area contributed by atoms with E-state index in [0.717, 1.165) is 52.4 Å². The Kier molecular flexibility index (Phi) is 16.1. The Balaban J connectivity index is 0. The lowest BCUT2D eigenvalue weighted by Crippen LogP contribution is -2.55. The molecule has 0 spiro atoms. The van der Waals surface area contributed by atoms with E-state index in [1.54, 1.807) is 0 Å². The van der Waals surface area contributed by atoms with E-state index in [1.807, 2.05) is 51.3 Å². The summed E-state index contributed by atoms with van der Waals surface area (Å²) in [6.07, 6.45) is 0. The Bertz CT molecular complexity index is 221. The topological polar surface area (TPSA) is 30.0 Å². The highest BCUT2D eigenvalue weighted by Gasteiger charge is 2.25. The summed E-state index contributed by atoms with van der Waals surface area (Å²) in [6, 6.07) is 0.237. The van der Waals surface area contributed by atoms with E-state index in [4.69, 9.17) is 0 Å². The Morgan fingerprint density at radius 1 is 0.545 bits per heavy atom. The highest BCUT2D eigenvalue weighted by atomic mass is 16.2.